The fraction of sp³-hybridized carbons (Fsp3) is 0.176. The first-order valence-corrected chi connectivity index (χ1v) is 8.32. The summed E-state index contributed by atoms with van der Waals surface area (Å²) in [5.41, 5.74) is 5.21. The van der Waals surface area contributed by atoms with E-state index in [1.54, 1.807) is 18.0 Å². The van der Waals surface area contributed by atoms with E-state index in [0.717, 1.165) is 33.4 Å². The van der Waals surface area contributed by atoms with E-state index in [9.17, 15) is 0 Å². The van der Waals surface area contributed by atoms with Crippen LogP contribution in [0, 0.1) is 6.92 Å². The molecule has 0 bridgehead atoms. The quantitative estimate of drug-likeness (QED) is 0.540. The molecule has 0 atom stereocenters. The molecular formula is C17H15N5S. The molecule has 0 amide bonds. The van der Waals surface area contributed by atoms with Crippen LogP contribution in [0.1, 0.15) is 11.1 Å². The number of aromatic nitrogens is 5. The monoisotopic (exact) mass is 321 g/mol. The molecular weight excluding hydrogens is 306 g/mol. The Kier molecular flexibility index (Phi) is 3.46. The average molecular weight is 321 g/mol. The lowest BCUT2D eigenvalue weighted by atomic mass is 10.2. The lowest BCUT2D eigenvalue weighted by Crippen LogP contribution is -1.95. The molecule has 0 saturated carbocycles. The maximum atomic E-state index is 4.69. The minimum atomic E-state index is 0.684. The van der Waals surface area contributed by atoms with Gasteiger partial charge in [0.05, 0.1) is 5.52 Å². The first-order chi connectivity index (χ1) is 11.2. The van der Waals surface area contributed by atoms with Crippen LogP contribution in [0.5, 0.6) is 0 Å². The molecule has 3 aromatic heterocycles. The van der Waals surface area contributed by atoms with E-state index in [1.165, 1.54) is 5.56 Å². The van der Waals surface area contributed by atoms with Crippen molar-refractivity contribution in [1.82, 2.24) is 24.7 Å². The molecule has 0 radical (unpaired) electrons. The molecule has 4 rings (SSSR count). The molecule has 6 heteroatoms. The van der Waals surface area contributed by atoms with E-state index in [0.29, 0.717) is 5.16 Å². The number of benzene rings is 1. The van der Waals surface area contributed by atoms with E-state index in [2.05, 4.69) is 49.9 Å². The van der Waals surface area contributed by atoms with Gasteiger partial charge in [-0.05, 0) is 30.7 Å². The van der Waals surface area contributed by atoms with Crippen molar-refractivity contribution in [2.24, 2.45) is 7.05 Å². The second kappa shape index (κ2) is 5.62. The number of rotatable bonds is 3. The number of fused-ring (bicyclic) bond motifs is 3. The van der Waals surface area contributed by atoms with Gasteiger partial charge in [-0.2, -0.15) is 0 Å². The Morgan fingerprint density at radius 3 is 2.91 bits per heavy atom. The van der Waals surface area contributed by atoms with Crippen LogP contribution >= 0.6 is 11.8 Å². The smallest absolute Gasteiger partial charge is 0.211 e. The molecule has 23 heavy (non-hydrogen) atoms. The van der Waals surface area contributed by atoms with Gasteiger partial charge in [0.1, 0.15) is 5.52 Å². The van der Waals surface area contributed by atoms with Crippen LogP contribution < -0.4 is 0 Å². The highest BCUT2D eigenvalue weighted by molar-refractivity contribution is 7.98. The van der Waals surface area contributed by atoms with E-state index in [4.69, 9.17) is 0 Å². The Morgan fingerprint density at radius 1 is 1.17 bits per heavy atom. The highest BCUT2D eigenvalue weighted by Crippen LogP contribution is 2.27. The van der Waals surface area contributed by atoms with Gasteiger partial charge >= 0.3 is 0 Å². The Balaban J connectivity index is 1.73. The molecule has 114 valence electrons. The molecule has 5 nitrogen and oxygen atoms in total. The summed E-state index contributed by atoms with van der Waals surface area (Å²) in [4.78, 5) is 8.81. The summed E-state index contributed by atoms with van der Waals surface area (Å²) < 4.78 is 2.08. The third-order valence-electron chi connectivity index (χ3n) is 3.83. The van der Waals surface area contributed by atoms with E-state index < -0.39 is 0 Å². The maximum Gasteiger partial charge on any atom is 0.211 e. The number of nitrogens with zero attached hydrogens (tertiary/aromatic N) is 5. The van der Waals surface area contributed by atoms with Crippen molar-refractivity contribution in [2.45, 2.75) is 17.8 Å². The predicted octanol–water partition coefficient (Wildman–Crippen LogP) is 3.51. The zero-order valence-corrected chi connectivity index (χ0v) is 13.7. The molecule has 0 N–H and O–H groups in total. The zero-order chi connectivity index (χ0) is 15.8. The summed E-state index contributed by atoms with van der Waals surface area (Å²) in [5.74, 6) is 0.782. The van der Waals surface area contributed by atoms with Crippen molar-refractivity contribution in [1.29, 1.82) is 0 Å². The molecule has 0 fully saturated rings. The van der Waals surface area contributed by atoms with Crippen molar-refractivity contribution in [3.05, 3.63) is 53.9 Å². The van der Waals surface area contributed by atoms with Crippen LogP contribution in [0.15, 0.2) is 47.9 Å². The van der Waals surface area contributed by atoms with Gasteiger partial charge < -0.3 is 4.57 Å². The first kappa shape index (κ1) is 14.1. The van der Waals surface area contributed by atoms with Crippen molar-refractivity contribution in [3.63, 3.8) is 0 Å². The summed E-state index contributed by atoms with van der Waals surface area (Å²) in [6.07, 6.45) is 3.63. The zero-order valence-electron chi connectivity index (χ0n) is 12.9. The summed E-state index contributed by atoms with van der Waals surface area (Å²) in [5, 5.41) is 10.5. The van der Waals surface area contributed by atoms with Gasteiger partial charge in [0.2, 0.25) is 5.16 Å². The molecule has 0 unspecified atom stereocenters. The summed E-state index contributed by atoms with van der Waals surface area (Å²) in [6.45, 7) is 2.08. The number of pyridine rings is 1. The normalized spacial score (nSPS) is 11.4. The fourth-order valence-corrected chi connectivity index (χ4v) is 3.37. The van der Waals surface area contributed by atoms with Crippen LogP contribution in [-0.4, -0.2) is 24.7 Å². The van der Waals surface area contributed by atoms with E-state index in [-0.39, 0.29) is 0 Å². The van der Waals surface area contributed by atoms with Crippen LogP contribution in [0.2, 0.25) is 0 Å². The SMILES string of the molecule is Cc1ccc2c(c1)c1nnc(SCc3cccnc3)nc1n2C. The second-order valence-electron chi connectivity index (χ2n) is 5.50. The standard InChI is InChI=1S/C17H15N5S/c1-11-5-6-14-13(8-11)15-16(22(14)2)19-17(21-20-15)23-10-12-4-3-7-18-9-12/h3-9H,10H2,1-2H3. The third-order valence-corrected chi connectivity index (χ3v) is 4.73. The van der Waals surface area contributed by atoms with Crippen LogP contribution in [0.4, 0.5) is 0 Å². The second-order valence-corrected chi connectivity index (χ2v) is 6.44. The van der Waals surface area contributed by atoms with Crippen molar-refractivity contribution >= 4 is 33.8 Å². The number of hydrogen-bond donors (Lipinski definition) is 0. The molecule has 0 spiro atoms. The molecule has 3 heterocycles. The van der Waals surface area contributed by atoms with Gasteiger partial charge in [0, 0.05) is 30.6 Å². The topological polar surface area (TPSA) is 56.5 Å². The van der Waals surface area contributed by atoms with Crippen LogP contribution in [0.3, 0.4) is 0 Å². The Morgan fingerprint density at radius 2 is 2.09 bits per heavy atom. The largest absolute Gasteiger partial charge is 0.327 e. The summed E-state index contributed by atoms with van der Waals surface area (Å²) in [6, 6.07) is 10.3. The number of hydrogen-bond acceptors (Lipinski definition) is 5. The van der Waals surface area contributed by atoms with Crippen LogP contribution in [0.25, 0.3) is 22.1 Å². The number of aryl methyl sites for hydroxylation is 2. The average Bonchev–Trinajstić information content (AvgIpc) is 2.86. The highest BCUT2D eigenvalue weighted by Gasteiger charge is 2.13. The summed E-state index contributed by atoms with van der Waals surface area (Å²) >= 11 is 1.57. The molecule has 0 aliphatic heterocycles. The van der Waals surface area contributed by atoms with Crippen molar-refractivity contribution in [3.8, 4) is 0 Å². The molecule has 1 aromatic carbocycles. The highest BCUT2D eigenvalue weighted by atomic mass is 32.2. The third kappa shape index (κ3) is 2.55. The van der Waals surface area contributed by atoms with Gasteiger partial charge in [-0.1, -0.05) is 29.5 Å². The lowest BCUT2D eigenvalue weighted by Gasteiger charge is -2.00. The Bertz CT molecular complexity index is 994. The number of thioether (sulfide) groups is 1. The van der Waals surface area contributed by atoms with E-state index in [1.807, 2.05) is 25.4 Å². The van der Waals surface area contributed by atoms with Gasteiger partial charge in [-0.15, -0.1) is 10.2 Å². The minimum absolute atomic E-state index is 0.684. The summed E-state index contributed by atoms with van der Waals surface area (Å²) in [7, 11) is 2.02. The van der Waals surface area contributed by atoms with Crippen molar-refractivity contribution in [2.75, 3.05) is 0 Å². The van der Waals surface area contributed by atoms with E-state index >= 15 is 0 Å². The Hall–Kier alpha value is -2.47. The van der Waals surface area contributed by atoms with Gasteiger partial charge in [-0.3, -0.25) is 4.98 Å². The molecule has 0 aliphatic rings. The van der Waals surface area contributed by atoms with Gasteiger partial charge in [0.25, 0.3) is 0 Å². The van der Waals surface area contributed by atoms with Crippen molar-refractivity contribution < 1.29 is 0 Å². The molecule has 0 aliphatic carbocycles. The molecule has 0 saturated heterocycles. The first-order valence-electron chi connectivity index (χ1n) is 7.33. The maximum absolute atomic E-state index is 4.69. The Labute approximate surface area is 137 Å². The minimum Gasteiger partial charge on any atom is -0.327 e. The van der Waals surface area contributed by atoms with Gasteiger partial charge in [-0.25, -0.2) is 4.98 Å². The fourth-order valence-electron chi connectivity index (χ4n) is 2.65. The predicted molar refractivity (Wildman–Crippen MR) is 92.3 cm³/mol. The lowest BCUT2D eigenvalue weighted by molar-refractivity contribution is 0.855. The van der Waals surface area contributed by atoms with Crippen LogP contribution in [-0.2, 0) is 12.8 Å². The molecule has 4 aromatic rings. The van der Waals surface area contributed by atoms with Gasteiger partial charge in [0.15, 0.2) is 5.65 Å².